The van der Waals surface area contributed by atoms with E-state index in [9.17, 15) is 8.42 Å². The van der Waals surface area contributed by atoms with Crippen LogP contribution < -0.4 is 5.32 Å². The van der Waals surface area contributed by atoms with Gasteiger partial charge in [-0.3, -0.25) is 4.68 Å². The summed E-state index contributed by atoms with van der Waals surface area (Å²) in [5, 5.41) is 7.61. The molecule has 23 heavy (non-hydrogen) atoms. The third kappa shape index (κ3) is 3.92. The van der Waals surface area contributed by atoms with E-state index in [1.165, 1.54) is 0 Å². The van der Waals surface area contributed by atoms with Gasteiger partial charge in [0, 0.05) is 35.3 Å². The maximum Gasteiger partial charge on any atom is 0.151 e. The van der Waals surface area contributed by atoms with E-state index in [0.29, 0.717) is 19.8 Å². The van der Waals surface area contributed by atoms with Crippen molar-refractivity contribution in [3.63, 3.8) is 0 Å². The van der Waals surface area contributed by atoms with E-state index >= 15 is 0 Å². The average Bonchev–Trinajstić information content (AvgIpc) is 2.90. The molecular weight excluding hydrogens is 314 g/mol. The lowest BCUT2D eigenvalue weighted by molar-refractivity contribution is 0.135. The maximum absolute atomic E-state index is 11.6. The van der Waals surface area contributed by atoms with Gasteiger partial charge < -0.3 is 10.1 Å². The van der Waals surface area contributed by atoms with Gasteiger partial charge in [0.25, 0.3) is 0 Å². The molecule has 0 unspecified atom stereocenters. The highest BCUT2D eigenvalue weighted by atomic mass is 32.2. The Morgan fingerprint density at radius 3 is 3.04 bits per heavy atom. The number of hydrogen-bond donors (Lipinski definition) is 1. The van der Waals surface area contributed by atoms with E-state index in [1.807, 2.05) is 12.3 Å². The van der Waals surface area contributed by atoms with Gasteiger partial charge in [-0.15, -0.1) is 0 Å². The van der Waals surface area contributed by atoms with E-state index in [2.05, 4.69) is 22.5 Å². The van der Waals surface area contributed by atoms with E-state index in [4.69, 9.17) is 4.74 Å². The molecule has 1 aliphatic rings. The molecule has 0 fully saturated rings. The van der Waals surface area contributed by atoms with Gasteiger partial charge in [-0.2, -0.15) is 5.10 Å². The predicted molar refractivity (Wildman–Crippen MR) is 90.1 cm³/mol. The number of sulfone groups is 1. The Bertz CT molecular complexity index is 784. The van der Waals surface area contributed by atoms with Crippen LogP contribution in [0.1, 0.15) is 12.5 Å². The maximum atomic E-state index is 11.6. The molecule has 0 saturated heterocycles. The largest absolute Gasteiger partial charge is 0.382 e. The minimum absolute atomic E-state index is 0.118. The number of aryl methyl sites for hydroxylation is 1. The van der Waals surface area contributed by atoms with Crippen LogP contribution in [0.5, 0.6) is 0 Å². The van der Waals surface area contributed by atoms with Crippen molar-refractivity contribution in [1.29, 1.82) is 0 Å². The van der Waals surface area contributed by atoms with E-state index in [0.717, 1.165) is 28.9 Å². The molecule has 1 aromatic heterocycles. The summed E-state index contributed by atoms with van der Waals surface area (Å²) in [5.74, 6) is 0.283. The molecule has 0 amide bonds. The first-order chi connectivity index (χ1) is 11.1. The van der Waals surface area contributed by atoms with Gasteiger partial charge in [-0.1, -0.05) is 13.0 Å². The third-order valence-corrected chi connectivity index (χ3v) is 5.65. The molecule has 0 aliphatic carbocycles. The summed E-state index contributed by atoms with van der Waals surface area (Å²) >= 11 is 0. The minimum atomic E-state index is -2.97. The van der Waals surface area contributed by atoms with E-state index in [-0.39, 0.29) is 11.5 Å². The normalized spacial score (nSPS) is 14.8. The molecule has 0 radical (unpaired) electrons. The molecule has 7 heteroatoms. The number of ether oxygens (including phenoxy) is 1. The first-order valence-corrected chi connectivity index (χ1v) is 9.57. The zero-order valence-corrected chi connectivity index (χ0v) is 14.0. The summed E-state index contributed by atoms with van der Waals surface area (Å²) in [7, 11) is -2.97. The topological polar surface area (TPSA) is 73.2 Å². The Hall–Kier alpha value is -1.86. The quantitative estimate of drug-likeness (QED) is 0.904. The molecular formula is C16H21N3O3S. The first kappa shape index (κ1) is 16.0. The van der Waals surface area contributed by atoms with Crippen molar-refractivity contribution < 1.29 is 13.2 Å². The van der Waals surface area contributed by atoms with Crippen LogP contribution in [-0.2, 0) is 27.7 Å². The lowest BCUT2D eigenvalue weighted by Crippen LogP contribution is -2.14. The Balaban J connectivity index is 1.76. The molecule has 2 heterocycles. The fourth-order valence-corrected chi connectivity index (χ4v) is 3.27. The molecule has 0 spiro atoms. The zero-order valence-electron chi connectivity index (χ0n) is 13.2. The van der Waals surface area contributed by atoms with Crippen molar-refractivity contribution in [2.45, 2.75) is 20.1 Å². The predicted octanol–water partition coefficient (Wildman–Crippen LogP) is 1.93. The van der Waals surface area contributed by atoms with E-state index in [1.54, 1.807) is 17.8 Å². The second-order valence-corrected chi connectivity index (χ2v) is 8.05. The van der Waals surface area contributed by atoms with Gasteiger partial charge in [0.1, 0.15) is 0 Å². The summed E-state index contributed by atoms with van der Waals surface area (Å²) in [5.41, 5.74) is 4.26. The van der Waals surface area contributed by atoms with Crippen molar-refractivity contribution in [3.8, 4) is 11.1 Å². The molecule has 1 aromatic carbocycles. The van der Waals surface area contributed by atoms with Crippen LogP contribution >= 0.6 is 0 Å². The summed E-state index contributed by atoms with van der Waals surface area (Å²) in [6, 6.07) is 6.19. The standard InChI is InChI=1S/C16H21N3O3S/c1-2-23(20,21)8-6-19-11-15(10-18-19)13-3-4-16-14(9-13)12-22-7-5-17-16/h3-4,9-11,17H,2,5-8,12H2,1H3. The van der Waals surface area contributed by atoms with Crippen LogP contribution in [-0.4, -0.2) is 42.9 Å². The lowest BCUT2D eigenvalue weighted by Gasteiger charge is -2.08. The monoisotopic (exact) mass is 335 g/mol. The number of anilines is 1. The lowest BCUT2D eigenvalue weighted by atomic mass is 10.0. The van der Waals surface area contributed by atoms with Crippen molar-refractivity contribution >= 4 is 15.5 Å². The third-order valence-electron chi connectivity index (χ3n) is 3.96. The Labute approximate surface area is 136 Å². The summed E-state index contributed by atoms with van der Waals surface area (Å²) in [6.07, 6.45) is 3.66. The minimum Gasteiger partial charge on any atom is -0.382 e. The fraction of sp³-hybridized carbons (Fsp3) is 0.438. The molecule has 2 aromatic rings. The molecule has 1 N–H and O–H groups in total. The van der Waals surface area contributed by atoms with E-state index < -0.39 is 9.84 Å². The number of aromatic nitrogens is 2. The highest BCUT2D eigenvalue weighted by Crippen LogP contribution is 2.26. The summed E-state index contributed by atoms with van der Waals surface area (Å²) in [4.78, 5) is 0. The summed E-state index contributed by atoms with van der Waals surface area (Å²) < 4.78 is 30.4. The Kier molecular flexibility index (Phi) is 4.68. The van der Waals surface area contributed by atoms with Crippen LogP contribution in [0.3, 0.4) is 0 Å². The van der Waals surface area contributed by atoms with Crippen molar-refractivity contribution in [1.82, 2.24) is 9.78 Å². The molecule has 0 saturated carbocycles. The molecule has 0 atom stereocenters. The molecule has 124 valence electrons. The Morgan fingerprint density at radius 2 is 2.22 bits per heavy atom. The second kappa shape index (κ2) is 6.72. The fourth-order valence-electron chi connectivity index (χ4n) is 2.52. The number of rotatable bonds is 5. The van der Waals surface area contributed by atoms with Crippen LogP contribution in [0, 0.1) is 0 Å². The second-order valence-electron chi connectivity index (χ2n) is 5.58. The van der Waals surface area contributed by atoms with Crippen molar-refractivity contribution in [2.24, 2.45) is 0 Å². The number of fused-ring (bicyclic) bond motifs is 1. The van der Waals surface area contributed by atoms with Crippen molar-refractivity contribution in [3.05, 3.63) is 36.2 Å². The first-order valence-electron chi connectivity index (χ1n) is 7.75. The highest BCUT2D eigenvalue weighted by molar-refractivity contribution is 7.91. The van der Waals surface area contributed by atoms with Crippen molar-refractivity contribution in [2.75, 3.05) is 30.0 Å². The number of benzene rings is 1. The SMILES string of the molecule is CCS(=O)(=O)CCn1cc(-c2ccc3c(c2)COCCN3)cn1. The van der Waals surface area contributed by atoms with Gasteiger partial charge in [0.2, 0.25) is 0 Å². The van der Waals surface area contributed by atoms with Gasteiger partial charge in [-0.05, 0) is 17.7 Å². The highest BCUT2D eigenvalue weighted by Gasteiger charge is 2.11. The van der Waals surface area contributed by atoms with Gasteiger partial charge >= 0.3 is 0 Å². The number of nitrogens with one attached hydrogen (secondary N) is 1. The van der Waals surface area contributed by atoms with Crippen LogP contribution in [0.15, 0.2) is 30.6 Å². The number of nitrogens with zero attached hydrogens (tertiary/aromatic N) is 2. The summed E-state index contributed by atoms with van der Waals surface area (Å²) in [6.45, 7) is 4.16. The van der Waals surface area contributed by atoms with Gasteiger partial charge in [0.05, 0.1) is 31.7 Å². The smallest absolute Gasteiger partial charge is 0.151 e. The molecule has 3 rings (SSSR count). The van der Waals surface area contributed by atoms with Gasteiger partial charge in [-0.25, -0.2) is 8.42 Å². The number of hydrogen-bond acceptors (Lipinski definition) is 5. The molecule has 6 nitrogen and oxygen atoms in total. The van der Waals surface area contributed by atoms with Gasteiger partial charge in [0.15, 0.2) is 9.84 Å². The average molecular weight is 335 g/mol. The molecule has 1 aliphatic heterocycles. The Morgan fingerprint density at radius 1 is 1.35 bits per heavy atom. The molecule has 0 bridgehead atoms. The van der Waals surface area contributed by atoms with Crippen LogP contribution in [0.4, 0.5) is 5.69 Å². The van der Waals surface area contributed by atoms with Crippen LogP contribution in [0.25, 0.3) is 11.1 Å². The van der Waals surface area contributed by atoms with Crippen LogP contribution in [0.2, 0.25) is 0 Å². The zero-order chi connectivity index (χ0) is 16.3.